The van der Waals surface area contributed by atoms with Gasteiger partial charge < -0.3 is 9.63 Å². The number of nitrogens with zero attached hydrogens (tertiary/aromatic N) is 2. The van der Waals surface area contributed by atoms with Crippen LogP contribution in [0.25, 0.3) is 0 Å². The molecule has 1 saturated carbocycles. The summed E-state index contributed by atoms with van der Waals surface area (Å²) >= 11 is 0. The maximum atomic E-state index is 11.5. The second-order valence-electron chi connectivity index (χ2n) is 5.81. The number of carboxylic acids is 1. The van der Waals surface area contributed by atoms with E-state index in [1.54, 1.807) is 0 Å². The summed E-state index contributed by atoms with van der Waals surface area (Å²) in [4.78, 5) is 13.6. The van der Waals surface area contributed by atoms with Gasteiger partial charge in [-0.05, 0) is 32.1 Å². The monoisotopic (exact) mass is 264 g/mol. The van der Waals surface area contributed by atoms with Crippen molar-refractivity contribution in [3.63, 3.8) is 0 Å². The minimum atomic E-state index is -0.703. The van der Waals surface area contributed by atoms with E-state index in [4.69, 9.17) is 4.52 Å². The number of carboxylic acid groups (broad SMARTS) is 1. The van der Waals surface area contributed by atoms with Crippen molar-refractivity contribution in [1.82, 2.24) is 10.1 Å². The highest BCUT2D eigenvalue weighted by Crippen LogP contribution is 2.40. The van der Waals surface area contributed by atoms with Crippen LogP contribution >= 0.6 is 0 Å². The molecular weight excluding hydrogens is 244 g/mol. The van der Waals surface area contributed by atoms with Crippen LogP contribution in [0.15, 0.2) is 10.6 Å². The molecule has 2 aliphatic rings. The normalized spacial score (nSPS) is 31.3. The number of likely N-dealkylation sites (tertiary alicyclic amines) is 1. The van der Waals surface area contributed by atoms with E-state index in [0.717, 1.165) is 24.3 Å². The SMILES string of the molecule is Cc1cc(CN2C(C(=O)O)CC3CCCCC32)on1. The van der Waals surface area contributed by atoms with Crippen LogP contribution in [0.4, 0.5) is 0 Å². The van der Waals surface area contributed by atoms with Gasteiger partial charge in [0, 0.05) is 12.1 Å². The van der Waals surface area contributed by atoms with Crippen molar-refractivity contribution in [2.45, 2.75) is 57.7 Å². The lowest BCUT2D eigenvalue weighted by molar-refractivity contribution is -0.143. The summed E-state index contributed by atoms with van der Waals surface area (Å²) in [5.41, 5.74) is 0.848. The molecule has 0 spiro atoms. The number of carbonyl (C=O) groups is 1. The zero-order valence-corrected chi connectivity index (χ0v) is 11.2. The summed E-state index contributed by atoms with van der Waals surface area (Å²) < 4.78 is 5.25. The number of aryl methyl sites for hydroxylation is 1. The number of rotatable bonds is 3. The molecule has 0 aromatic carbocycles. The van der Waals surface area contributed by atoms with Crippen LogP contribution in [-0.4, -0.2) is 33.2 Å². The highest BCUT2D eigenvalue weighted by Gasteiger charge is 2.45. The quantitative estimate of drug-likeness (QED) is 0.906. The Kier molecular flexibility index (Phi) is 3.31. The van der Waals surface area contributed by atoms with Gasteiger partial charge in [-0.15, -0.1) is 0 Å². The third-order valence-electron chi connectivity index (χ3n) is 4.52. The molecule has 1 aliphatic heterocycles. The first kappa shape index (κ1) is 12.7. The van der Waals surface area contributed by atoms with Gasteiger partial charge in [-0.25, -0.2) is 0 Å². The van der Waals surface area contributed by atoms with Gasteiger partial charge in [-0.2, -0.15) is 0 Å². The minimum absolute atomic E-state index is 0.362. The fraction of sp³-hybridized carbons (Fsp3) is 0.714. The molecule has 0 bridgehead atoms. The van der Waals surface area contributed by atoms with E-state index >= 15 is 0 Å². The number of hydrogen-bond donors (Lipinski definition) is 1. The van der Waals surface area contributed by atoms with Crippen LogP contribution < -0.4 is 0 Å². The van der Waals surface area contributed by atoms with Gasteiger partial charge in [0.25, 0.3) is 0 Å². The molecule has 3 atom stereocenters. The third-order valence-corrected chi connectivity index (χ3v) is 4.52. The second-order valence-corrected chi connectivity index (χ2v) is 5.81. The van der Waals surface area contributed by atoms with Crippen molar-refractivity contribution in [3.8, 4) is 0 Å². The fourth-order valence-corrected chi connectivity index (χ4v) is 3.69. The highest BCUT2D eigenvalue weighted by atomic mass is 16.5. The van der Waals surface area contributed by atoms with Crippen molar-refractivity contribution < 1.29 is 14.4 Å². The molecule has 0 amide bonds. The Labute approximate surface area is 112 Å². The Morgan fingerprint density at radius 2 is 2.32 bits per heavy atom. The zero-order chi connectivity index (χ0) is 13.4. The molecule has 2 fully saturated rings. The van der Waals surface area contributed by atoms with Crippen LogP contribution in [-0.2, 0) is 11.3 Å². The maximum Gasteiger partial charge on any atom is 0.320 e. The van der Waals surface area contributed by atoms with E-state index in [-0.39, 0.29) is 6.04 Å². The largest absolute Gasteiger partial charge is 0.480 e. The summed E-state index contributed by atoms with van der Waals surface area (Å²) in [5, 5.41) is 13.3. The molecule has 1 N–H and O–H groups in total. The molecule has 3 rings (SSSR count). The van der Waals surface area contributed by atoms with E-state index in [9.17, 15) is 9.90 Å². The van der Waals surface area contributed by atoms with Gasteiger partial charge in [0.15, 0.2) is 5.76 Å². The van der Waals surface area contributed by atoms with Crippen molar-refractivity contribution in [2.24, 2.45) is 5.92 Å². The summed E-state index contributed by atoms with van der Waals surface area (Å²) in [7, 11) is 0. The molecule has 5 heteroatoms. The van der Waals surface area contributed by atoms with E-state index in [1.165, 1.54) is 19.3 Å². The first-order valence-corrected chi connectivity index (χ1v) is 7.06. The lowest BCUT2D eigenvalue weighted by atomic mass is 9.85. The Morgan fingerprint density at radius 1 is 1.53 bits per heavy atom. The van der Waals surface area contributed by atoms with Gasteiger partial charge >= 0.3 is 5.97 Å². The summed E-state index contributed by atoms with van der Waals surface area (Å²) in [5.74, 6) is 0.611. The summed E-state index contributed by atoms with van der Waals surface area (Å²) in [6.45, 7) is 2.45. The predicted octanol–water partition coefficient (Wildman–Crippen LogP) is 2.20. The Hall–Kier alpha value is -1.36. The number of aromatic nitrogens is 1. The van der Waals surface area contributed by atoms with Crippen molar-refractivity contribution in [1.29, 1.82) is 0 Å². The summed E-state index contributed by atoms with van der Waals surface area (Å²) in [6, 6.07) is 1.94. The van der Waals surface area contributed by atoms with Gasteiger partial charge in [0.05, 0.1) is 12.2 Å². The molecule has 19 heavy (non-hydrogen) atoms. The summed E-state index contributed by atoms with van der Waals surface area (Å²) in [6.07, 6.45) is 5.51. The molecule has 104 valence electrons. The lowest BCUT2D eigenvalue weighted by Gasteiger charge is -2.32. The molecule has 3 unspecified atom stereocenters. The Balaban J connectivity index is 1.80. The van der Waals surface area contributed by atoms with Crippen molar-refractivity contribution in [2.75, 3.05) is 0 Å². The molecule has 5 nitrogen and oxygen atoms in total. The van der Waals surface area contributed by atoms with Crippen LogP contribution in [0, 0.1) is 12.8 Å². The van der Waals surface area contributed by atoms with E-state index in [1.807, 2.05) is 13.0 Å². The molecule has 0 radical (unpaired) electrons. The van der Waals surface area contributed by atoms with E-state index < -0.39 is 5.97 Å². The molecule has 1 aromatic rings. The first-order chi connectivity index (χ1) is 9.15. The molecule has 2 heterocycles. The number of hydrogen-bond acceptors (Lipinski definition) is 4. The van der Waals surface area contributed by atoms with Crippen molar-refractivity contribution >= 4 is 5.97 Å². The Bertz CT molecular complexity index is 471. The van der Waals surface area contributed by atoms with Crippen LogP contribution in [0.2, 0.25) is 0 Å². The molecular formula is C14H20N2O3. The highest BCUT2D eigenvalue weighted by molar-refractivity contribution is 5.74. The Morgan fingerprint density at radius 3 is 3.00 bits per heavy atom. The number of fused-ring (bicyclic) bond motifs is 1. The molecule has 1 aromatic heterocycles. The van der Waals surface area contributed by atoms with Crippen LogP contribution in [0.3, 0.4) is 0 Å². The van der Waals surface area contributed by atoms with Gasteiger partial charge in [-0.1, -0.05) is 18.0 Å². The van der Waals surface area contributed by atoms with Gasteiger partial charge in [-0.3, -0.25) is 9.69 Å². The third kappa shape index (κ3) is 2.39. The fourth-order valence-electron chi connectivity index (χ4n) is 3.69. The molecule has 1 aliphatic carbocycles. The number of aliphatic carboxylic acids is 1. The van der Waals surface area contributed by atoms with E-state index in [2.05, 4.69) is 10.1 Å². The van der Waals surface area contributed by atoms with Gasteiger partial charge in [0.2, 0.25) is 0 Å². The smallest absolute Gasteiger partial charge is 0.320 e. The second kappa shape index (κ2) is 4.96. The molecule has 1 saturated heterocycles. The topological polar surface area (TPSA) is 66.6 Å². The minimum Gasteiger partial charge on any atom is -0.480 e. The van der Waals surface area contributed by atoms with Crippen LogP contribution in [0.1, 0.15) is 43.6 Å². The maximum absolute atomic E-state index is 11.5. The average molecular weight is 264 g/mol. The standard InChI is InChI=1S/C14H20N2O3/c1-9-6-11(19-15-9)8-16-12-5-3-2-4-10(12)7-13(16)14(17)18/h6,10,12-13H,2-5,7-8H2,1H3,(H,17,18). The van der Waals surface area contributed by atoms with Gasteiger partial charge in [0.1, 0.15) is 6.04 Å². The zero-order valence-electron chi connectivity index (χ0n) is 11.2. The average Bonchev–Trinajstić information content (AvgIpc) is 2.95. The predicted molar refractivity (Wildman–Crippen MR) is 68.6 cm³/mol. The van der Waals surface area contributed by atoms with Crippen LogP contribution in [0.5, 0.6) is 0 Å². The van der Waals surface area contributed by atoms with Crippen molar-refractivity contribution in [3.05, 3.63) is 17.5 Å². The first-order valence-electron chi connectivity index (χ1n) is 7.06. The van der Waals surface area contributed by atoms with E-state index in [0.29, 0.717) is 18.5 Å². The lowest BCUT2D eigenvalue weighted by Crippen LogP contribution is -2.41.